The molecule has 0 aliphatic carbocycles. The average molecular weight is 579 g/mol. The minimum absolute atomic E-state index is 0.00486. The van der Waals surface area contributed by atoms with Crippen molar-refractivity contribution in [1.82, 2.24) is 4.98 Å². The number of hydrogen-bond donors (Lipinski definition) is 2. The second-order valence-corrected chi connectivity index (χ2v) is 11.8. The topological polar surface area (TPSA) is 112 Å². The molecule has 2 amide bonds. The molecule has 212 valence electrons. The number of carbonyl (C=O) groups excluding carboxylic acids is 1. The third kappa shape index (κ3) is 6.58. The van der Waals surface area contributed by atoms with Crippen LogP contribution in [0.4, 0.5) is 33.9 Å². The Bertz CT molecular complexity index is 1590. The zero-order valence-electron chi connectivity index (χ0n) is 21.6. The number of carboxylic acid groups (broad SMARTS) is 1. The summed E-state index contributed by atoms with van der Waals surface area (Å²) in [6, 6.07) is 8.55. The van der Waals surface area contributed by atoms with Crippen LogP contribution in [0.25, 0.3) is 11.1 Å². The van der Waals surface area contributed by atoms with Crippen molar-refractivity contribution in [3.63, 3.8) is 0 Å². The highest BCUT2D eigenvalue weighted by Gasteiger charge is 2.33. The lowest BCUT2D eigenvalue weighted by Crippen LogP contribution is -2.30. The fourth-order valence-electron chi connectivity index (χ4n) is 4.58. The first-order chi connectivity index (χ1) is 18.8. The van der Waals surface area contributed by atoms with E-state index in [1.54, 1.807) is 11.8 Å². The number of amides is 2. The molecular formula is C27H26F4N4O4S. The van der Waals surface area contributed by atoms with Crippen LogP contribution >= 0.6 is 0 Å². The van der Waals surface area contributed by atoms with Gasteiger partial charge in [0.25, 0.3) is 5.91 Å². The summed E-state index contributed by atoms with van der Waals surface area (Å²) in [4.78, 5) is 30.7. The van der Waals surface area contributed by atoms with E-state index in [9.17, 15) is 31.4 Å². The highest BCUT2D eigenvalue weighted by atomic mass is 32.2. The first-order valence-electron chi connectivity index (χ1n) is 12.2. The van der Waals surface area contributed by atoms with Crippen molar-refractivity contribution >= 4 is 33.2 Å². The van der Waals surface area contributed by atoms with Gasteiger partial charge in [-0.1, -0.05) is 6.07 Å². The van der Waals surface area contributed by atoms with Crippen LogP contribution in [0.1, 0.15) is 35.2 Å². The Balaban J connectivity index is 1.80. The molecule has 2 heterocycles. The van der Waals surface area contributed by atoms with Gasteiger partial charge in [-0.25, -0.2) is 31.5 Å². The lowest BCUT2D eigenvalue weighted by atomic mass is 9.97. The summed E-state index contributed by atoms with van der Waals surface area (Å²) < 4.78 is 72.2. The summed E-state index contributed by atoms with van der Waals surface area (Å²) in [5.74, 6) is -5.09. The van der Waals surface area contributed by atoms with Crippen molar-refractivity contribution in [3.05, 3.63) is 71.4 Å². The monoisotopic (exact) mass is 578 g/mol. The van der Waals surface area contributed by atoms with Gasteiger partial charge in [0, 0.05) is 60.6 Å². The zero-order chi connectivity index (χ0) is 29.2. The van der Waals surface area contributed by atoms with Crippen molar-refractivity contribution in [3.8, 4) is 11.1 Å². The molecule has 40 heavy (non-hydrogen) atoms. The van der Waals surface area contributed by atoms with Crippen LogP contribution in [0.5, 0.6) is 0 Å². The molecule has 0 bridgehead atoms. The molecule has 3 aromatic rings. The van der Waals surface area contributed by atoms with E-state index < -0.39 is 45.7 Å². The zero-order valence-corrected chi connectivity index (χ0v) is 22.4. The number of alkyl halides is 2. The van der Waals surface area contributed by atoms with Gasteiger partial charge in [0.1, 0.15) is 17.5 Å². The van der Waals surface area contributed by atoms with Crippen LogP contribution in [0.15, 0.2) is 57.9 Å². The maximum Gasteiger partial charge on any atom is 0.439 e. The van der Waals surface area contributed by atoms with Crippen LogP contribution in [-0.4, -0.2) is 51.6 Å². The smallest absolute Gasteiger partial charge is 0.439 e. The van der Waals surface area contributed by atoms with Gasteiger partial charge in [-0.2, -0.15) is 0 Å². The van der Waals surface area contributed by atoms with Gasteiger partial charge in [0.05, 0.1) is 15.3 Å². The summed E-state index contributed by atoms with van der Waals surface area (Å²) in [5, 5.41) is 11.6. The fourth-order valence-corrected chi connectivity index (χ4v) is 5.66. The molecule has 1 unspecified atom stereocenters. The van der Waals surface area contributed by atoms with Crippen molar-refractivity contribution in [2.45, 2.75) is 37.0 Å². The molecule has 0 saturated carbocycles. The van der Waals surface area contributed by atoms with Crippen LogP contribution in [0.2, 0.25) is 0 Å². The van der Waals surface area contributed by atoms with Gasteiger partial charge >= 0.3 is 6.09 Å². The largest absolute Gasteiger partial charge is 0.463 e. The maximum atomic E-state index is 14.1. The number of benzene rings is 2. The lowest BCUT2D eigenvalue weighted by molar-refractivity contribution is -0.0102. The molecule has 0 radical (unpaired) electrons. The molecule has 1 aliphatic rings. The number of carbonyl (C=O) groups is 2. The number of nitrogens with one attached hydrogen (secondary N) is 1. The van der Waals surface area contributed by atoms with Gasteiger partial charge in [-0.05, 0) is 54.8 Å². The molecule has 1 aromatic heterocycles. The first kappa shape index (κ1) is 29.0. The Morgan fingerprint density at radius 1 is 1.10 bits per heavy atom. The van der Waals surface area contributed by atoms with Crippen molar-refractivity contribution in [2.24, 2.45) is 4.36 Å². The van der Waals surface area contributed by atoms with Crippen LogP contribution in [0, 0.1) is 18.6 Å². The molecule has 8 nitrogen and oxygen atoms in total. The summed E-state index contributed by atoms with van der Waals surface area (Å²) in [5.41, 5.74) is 0.865. The summed E-state index contributed by atoms with van der Waals surface area (Å²) in [6.45, 7) is 1.70. The third-order valence-corrected chi connectivity index (χ3v) is 8.15. The number of aromatic nitrogens is 1. The van der Waals surface area contributed by atoms with Gasteiger partial charge < -0.3 is 15.3 Å². The minimum atomic E-state index is -3.32. The van der Waals surface area contributed by atoms with Crippen molar-refractivity contribution in [2.75, 3.05) is 29.6 Å². The number of pyridine rings is 1. The Morgan fingerprint density at radius 3 is 2.48 bits per heavy atom. The predicted molar refractivity (Wildman–Crippen MR) is 143 cm³/mol. The quantitative estimate of drug-likeness (QED) is 0.342. The summed E-state index contributed by atoms with van der Waals surface area (Å²) >= 11 is 0. The highest BCUT2D eigenvalue weighted by molar-refractivity contribution is 7.93. The van der Waals surface area contributed by atoms with E-state index >= 15 is 0 Å². The number of nitrogens with zero attached hydrogens (tertiary/aromatic N) is 3. The third-order valence-electron chi connectivity index (χ3n) is 6.52. The van der Waals surface area contributed by atoms with E-state index in [-0.39, 0.29) is 59.0 Å². The van der Waals surface area contributed by atoms with E-state index in [4.69, 9.17) is 5.11 Å². The van der Waals surface area contributed by atoms with Gasteiger partial charge in [-0.15, -0.1) is 4.36 Å². The molecule has 1 aliphatic heterocycles. The van der Waals surface area contributed by atoms with Gasteiger partial charge in [0.15, 0.2) is 0 Å². The predicted octanol–water partition coefficient (Wildman–Crippen LogP) is 6.35. The van der Waals surface area contributed by atoms with Gasteiger partial charge in [-0.3, -0.25) is 4.79 Å². The number of halogens is 4. The molecular weight excluding hydrogens is 552 g/mol. The van der Waals surface area contributed by atoms with E-state index in [1.807, 2.05) is 0 Å². The van der Waals surface area contributed by atoms with Crippen LogP contribution in [-0.2, 0) is 9.73 Å². The number of rotatable bonds is 5. The summed E-state index contributed by atoms with van der Waals surface area (Å²) in [7, 11) is -3.32. The molecule has 2 N–H and O–H groups in total. The number of anilines is 2. The summed E-state index contributed by atoms with van der Waals surface area (Å²) in [6.07, 6.45) is 0.290. The Kier molecular flexibility index (Phi) is 8.15. The molecule has 13 heteroatoms. The van der Waals surface area contributed by atoms with Gasteiger partial charge in [0.2, 0.25) is 5.92 Å². The fraction of sp³-hybridized carbons (Fsp3) is 0.296. The normalized spacial score (nSPS) is 16.5. The average Bonchev–Trinajstić information content (AvgIpc) is 3.02. The maximum absolute atomic E-state index is 14.1. The van der Waals surface area contributed by atoms with Crippen molar-refractivity contribution in [1.29, 1.82) is 0 Å². The van der Waals surface area contributed by atoms with Crippen LogP contribution in [0.3, 0.4) is 0 Å². The Morgan fingerprint density at radius 2 is 1.80 bits per heavy atom. The molecule has 0 spiro atoms. The molecule has 1 atom stereocenters. The lowest BCUT2D eigenvalue weighted by Gasteiger charge is -2.26. The van der Waals surface area contributed by atoms with Crippen molar-refractivity contribution < 1.29 is 36.5 Å². The van der Waals surface area contributed by atoms with E-state index in [1.165, 1.54) is 30.5 Å². The highest BCUT2D eigenvalue weighted by Crippen LogP contribution is 2.35. The molecule has 1 fully saturated rings. The Labute approximate surface area is 228 Å². The molecule has 2 aromatic carbocycles. The van der Waals surface area contributed by atoms with E-state index in [2.05, 4.69) is 14.7 Å². The SMILES string of the molecule is Cc1c(-c2cc(F)cc(F)c2)cnc(N2CCCC(F)(F)CC2)c1C(=O)Nc1cccc(S(C)(=O)=NC(=O)O)c1. The minimum Gasteiger partial charge on any atom is -0.463 e. The van der Waals surface area contributed by atoms with E-state index in [0.29, 0.717) is 11.6 Å². The second kappa shape index (κ2) is 11.2. The van der Waals surface area contributed by atoms with E-state index in [0.717, 1.165) is 18.4 Å². The molecule has 1 saturated heterocycles. The number of hydrogen-bond acceptors (Lipinski definition) is 5. The molecule has 4 rings (SSSR count). The second-order valence-electron chi connectivity index (χ2n) is 9.51. The standard InChI is InChI=1S/C27H26F4N4O4S/c1-16-22(17-11-18(28)13-19(29)12-17)15-32-24(35-9-4-7-27(30,31)8-10-35)23(16)25(36)33-20-5-3-6-21(14-20)40(2,39)34-26(37)38/h3,5-6,11-15H,4,7-10H2,1-2H3,(H,33,36)(H,37,38). The Hall–Kier alpha value is -4.00. The van der Waals surface area contributed by atoms with Crippen LogP contribution < -0.4 is 10.2 Å². The first-order valence-corrected chi connectivity index (χ1v) is 14.1.